The van der Waals surface area contributed by atoms with Crippen molar-refractivity contribution in [2.45, 2.75) is 51.5 Å². The SMILES string of the molecule is CCCCN1CCCCC1CNC(=O)NCC(Cc1ccc(F)cc1)C(N)=O. The van der Waals surface area contributed by atoms with Crippen LogP contribution in [0.2, 0.25) is 0 Å². The number of nitrogens with two attached hydrogens (primary N) is 1. The van der Waals surface area contributed by atoms with Crippen molar-refractivity contribution < 1.29 is 14.0 Å². The smallest absolute Gasteiger partial charge is 0.314 e. The maximum absolute atomic E-state index is 13.0. The molecule has 0 saturated carbocycles. The lowest BCUT2D eigenvalue weighted by atomic mass is 9.98. The molecule has 0 spiro atoms. The number of benzene rings is 1. The fourth-order valence-electron chi connectivity index (χ4n) is 3.61. The predicted octanol–water partition coefficient (Wildman–Crippen LogP) is 2.42. The van der Waals surface area contributed by atoms with Crippen LogP contribution in [-0.4, -0.2) is 49.1 Å². The van der Waals surface area contributed by atoms with Crippen molar-refractivity contribution >= 4 is 11.9 Å². The van der Waals surface area contributed by atoms with Crippen molar-refractivity contribution in [3.8, 4) is 0 Å². The van der Waals surface area contributed by atoms with Gasteiger partial charge in [0, 0.05) is 19.1 Å². The molecule has 3 amide bonds. The van der Waals surface area contributed by atoms with E-state index in [1.807, 2.05) is 0 Å². The third kappa shape index (κ3) is 7.46. The van der Waals surface area contributed by atoms with Crippen molar-refractivity contribution in [1.29, 1.82) is 0 Å². The Morgan fingerprint density at radius 1 is 1.25 bits per heavy atom. The Balaban J connectivity index is 1.77. The zero-order valence-corrected chi connectivity index (χ0v) is 16.8. The van der Waals surface area contributed by atoms with Gasteiger partial charge in [0.1, 0.15) is 5.82 Å². The third-order valence-corrected chi connectivity index (χ3v) is 5.35. The Bertz CT molecular complexity index is 623. The molecule has 4 N–H and O–H groups in total. The first-order chi connectivity index (χ1) is 13.5. The van der Waals surface area contributed by atoms with E-state index in [1.54, 1.807) is 12.1 Å². The van der Waals surface area contributed by atoms with Crippen LogP contribution in [0.1, 0.15) is 44.6 Å². The fraction of sp³-hybridized carbons (Fsp3) is 0.619. The van der Waals surface area contributed by atoms with Gasteiger partial charge in [0.2, 0.25) is 5.91 Å². The molecular formula is C21H33FN4O2. The first-order valence-electron chi connectivity index (χ1n) is 10.3. The van der Waals surface area contributed by atoms with Crippen molar-refractivity contribution in [3.63, 3.8) is 0 Å². The summed E-state index contributed by atoms with van der Waals surface area (Å²) in [5.41, 5.74) is 6.27. The second-order valence-corrected chi connectivity index (χ2v) is 7.56. The molecule has 2 atom stereocenters. The summed E-state index contributed by atoms with van der Waals surface area (Å²) < 4.78 is 13.0. The van der Waals surface area contributed by atoms with E-state index in [2.05, 4.69) is 22.5 Å². The molecule has 0 aromatic heterocycles. The average molecular weight is 393 g/mol. The molecule has 1 fully saturated rings. The van der Waals surface area contributed by atoms with Crippen molar-refractivity contribution in [1.82, 2.24) is 15.5 Å². The average Bonchev–Trinajstić information content (AvgIpc) is 2.69. The number of primary amides is 1. The van der Waals surface area contributed by atoms with E-state index in [1.165, 1.54) is 37.8 Å². The molecule has 2 unspecified atom stereocenters. The van der Waals surface area contributed by atoms with Gasteiger partial charge >= 0.3 is 6.03 Å². The summed E-state index contributed by atoms with van der Waals surface area (Å²) in [6.45, 7) is 5.12. The van der Waals surface area contributed by atoms with Crippen LogP contribution < -0.4 is 16.4 Å². The molecular weight excluding hydrogens is 359 g/mol. The predicted molar refractivity (Wildman–Crippen MR) is 108 cm³/mol. The number of urea groups is 1. The third-order valence-electron chi connectivity index (χ3n) is 5.35. The summed E-state index contributed by atoms with van der Waals surface area (Å²) in [6, 6.07) is 6.03. The first kappa shape index (κ1) is 22.1. The molecule has 1 aliphatic rings. The highest BCUT2D eigenvalue weighted by molar-refractivity contribution is 5.79. The van der Waals surface area contributed by atoms with Gasteiger partial charge in [-0.15, -0.1) is 0 Å². The number of carbonyl (C=O) groups excluding carboxylic acids is 2. The normalized spacial score (nSPS) is 18.4. The molecule has 28 heavy (non-hydrogen) atoms. The van der Waals surface area contributed by atoms with Crippen molar-refractivity contribution in [2.75, 3.05) is 26.2 Å². The number of nitrogens with zero attached hydrogens (tertiary/aromatic N) is 1. The Morgan fingerprint density at radius 3 is 2.68 bits per heavy atom. The number of likely N-dealkylation sites (tertiary alicyclic amines) is 1. The number of unbranched alkanes of at least 4 members (excludes halogenated alkanes) is 1. The van der Waals surface area contributed by atoms with E-state index in [0.717, 1.165) is 25.1 Å². The number of nitrogens with one attached hydrogen (secondary N) is 2. The Kier molecular flexibility index (Phi) is 9.20. The van der Waals surface area contributed by atoms with Crippen LogP contribution >= 0.6 is 0 Å². The summed E-state index contributed by atoms with van der Waals surface area (Å²) >= 11 is 0. The van der Waals surface area contributed by atoms with Gasteiger partial charge < -0.3 is 16.4 Å². The quantitative estimate of drug-likeness (QED) is 0.571. The van der Waals surface area contributed by atoms with Crippen LogP contribution in [0, 0.1) is 11.7 Å². The van der Waals surface area contributed by atoms with E-state index < -0.39 is 11.8 Å². The van der Waals surface area contributed by atoms with Gasteiger partial charge in [0.25, 0.3) is 0 Å². The minimum atomic E-state index is -0.535. The van der Waals surface area contributed by atoms with Crippen LogP contribution in [0.3, 0.4) is 0 Å². The number of hydrogen-bond acceptors (Lipinski definition) is 3. The number of piperidine rings is 1. The van der Waals surface area contributed by atoms with Gasteiger partial charge in [0.05, 0.1) is 5.92 Å². The van der Waals surface area contributed by atoms with Crippen molar-refractivity contribution in [3.05, 3.63) is 35.6 Å². The second-order valence-electron chi connectivity index (χ2n) is 7.56. The maximum Gasteiger partial charge on any atom is 0.314 e. The molecule has 1 heterocycles. The van der Waals surface area contributed by atoms with Crippen LogP contribution in [0.15, 0.2) is 24.3 Å². The number of halogens is 1. The number of amides is 3. The van der Waals surface area contributed by atoms with E-state index >= 15 is 0 Å². The lowest BCUT2D eigenvalue weighted by Crippen LogP contribution is -2.49. The Labute approximate surface area is 167 Å². The fourth-order valence-corrected chi connectivity index (χ4v) is 3.61. The Hall–Kier alpha value is -2.15. The van der Waals surface area contributed by atoms with Crippen LogP contribution in [0.5, 0.6) is 0 Å². The monoisotopic (exact) mass is 392 g/mol. The highest BCUT2D eigenvalue weighted by Crippen LogP contribution is 2.17. The molecule has 6 nitrogen and oxygen atoms in total. The zero-order chi connectivity index (χ0) is 20.4. The highest BCUT2D eigenvalue weighted by Gasteiger charge is 2.22. The minimum Gasteiger partial charge on any atom is -0.369 e. The summed E-state index contributed by atoms with van der Waals surface area (Å²) in [7, 11) is 0. The summed E-state index contributed by atoms with van der Waals surface area (Å²) in [6.07, 6.45) is 6.21. The van der Waals surface area contributed by atoms with Gasteiger partial charge in [-0.2, -0.15) is 0 Å². The van der Waals surface area contributed by atoms with Gasteiger partial charge in [0.15, 0.2) is 0 Å². The molecule has 7 heteroatoms. The van der Waals surface area contributed by atoms with Gasteiger partial charge in [-0.25, -0.2) is 9.18 Å². The molecule has 2 rings (SSSR count). The van der Waals surface area contributed by atoms with Gasteiger partial charge in [-0.1, -0.05) is 31.9 Å². The standard InChI is InChI=1S/C21H33FN4O2/c1-2-3-11-26-12-5-4-6-19(26)15-25-21(28)24-14-17(20(23)27)13-16-7-9-18(22)10-8-16/h7-10,17,19H,2-6,11-15H2,1H3,(H2,23,27)(H2,24,25,28). The highest BCUT2D eigenvalue weighted by atomic mass is 19.1. The number of hydrogen-bond donors (Lipinski definition) is 3. The number of rotatable bonds is 10. The van der Waals surface area contributed by atoms with E-state index in [4.69, 9.17) is 5.73 Å². The Morgan fingerprint density at radius 2 is 2.00 bits per heavy atom. The van der Waals surface area contributed by atoms with Crippen LogP contribution in [-0.2, 0) is 11.2 Å². The van der Waals surface area contributed by atoms with Crippen LogP contribution in [0.4, 0.5) is 9.18 Å². The summed E-state index contributed by atoms with van der Waals surface area (Å²) in [4.78, 5) is 26.4. The summed E-state index contributed by atoms with van der Waals surface area (Å²) in [5, 5.41) is 5.68. The lowest BCUT2D eigenvalue weighted by Gasteiger charge is -2.35. The molecule has 1 saturated heterocycles. The van der Waals surface area contributed by atoms with Crippen LogP contribution in [0.25, 0.3) is 0 Å². The first-order valence-corrected chi connectivity index (χ1v) is 10.3. The molecule has 1 aromatic rings. The molecule has 1 aromatic carbocycles. The van der Waals surface area contributed by atoms with E-state index in [0.29, 0.717) is 19.0 Å². The molecule has 156 valence electrons. The molecule has 1 aliphatic heterocycles. The van der Waals surface area contributed by atoms with E-state index in [-0.39, 0.29) is 18.4 Å². The minimum absolute atomic E-state index is 0.156. The largest absolute Gasteiger partial charge is 0.369 e. The van der Waals surface area contributed by atoms with Crippen molar-refractivity contribution in [2.24, 2.45) is 11.7 Å². The van der Waals surface area contributed by atoms with Gasteiger partial charge in [-0.3, -0.25) is 9.69 Å². The summed E-state index contributed by atoms with van der Waals surface area (Å²) in [5.74, 6) is -1.35. The number of carbonyl (C=O) groups is 2. The molecule has 0 radical (unpaired) electrons. The lowest BCUT2D eigenvalue weighted by molar-refractivity contribution is -0.121. The maximum atomic E-state index is 13.0. The van der Waals surface area contributed by atoms with Gasteiger partial charge in [-0.05, 0) is 56.5 Å². The topological polar surface area (TPSA) is 87.5 Å². The molecule has 0 bridgehead atoms. The second kappa shape index (κ2) is 11.6. The molecule has 0 aliphatic carbocycles. The van der Waals surface area contributed by atoms with E-state index in [9.17, 15) is 14.0 Å². The zero-order valence-electron chi connectivity index (χ0n) is 16.8.